The van der Waals surface area contributed by atoms with E-state index >= 15 is 0 Å². The Morgan fingerprint density at radius 2 is 2.00 bits per heavy atom. The van der Waals surface area contributed by atoms with E-state index < -0.39 is 5.41 Å². The Kier molecular flexibility index (Phi) is 2.52. The summed E-state index contributed by atoms with van der Waals surface area (Å²) in [5.41, 5.74) is 4.83. The molecule has 84 valence electrons. The molecule has 2 aliphatic rings. The van der Waals surface area contributed by atoms with Crippen LogP contribution in [-0.4, -0.2) is 48.2 Å². The molecule has 0 bridgehead atoms. The molecule has 0 aromatic carbocycles. The summed E-state index contributed by atoms with van der Waals surface area (Å²) < 4.78 is 5.16. The lowest BCUT2D eigenvalue weighted by atomic mass is 10.0. The summed E-state index contributed by atoms with van der Waals surface area (Å²) in [7, 11) is 0. The van der Waals surface area contributed by atoms with E-state index in [2.05, 4.69) is 5.16 Å². The van der Waals surface area contributed by atoms with Gasteiger partial charge in [-0.15, -0.1) is 0 Å². The molecule has 0 atom stereocenters. The summed E-state index contributed by atoms with van der Waals surface area (Å²) >= 11 is 0. The average Bonchev–Trinajstić information content (AvgIpc) is 3.09. The summed E-state index contributed by atoms with van der Waals surface area (Å²) in [6.07, 6.45) is 1.36. The van der Waals surface area contributed by atoms with Gasteiger partial charge >= 0.3 is 0 Å². The number of carbonyl (C=O) groups is 1. The highest BCUT2D eigenvalue weighted by atomic mass is 16.5. The zero-order valence-electron chi connectivity index (χ0n) is 8.48. The first-order valence-electron chi connectivity index (χ1n) is 5.06. The quantitative estimate of drug-likeness (QED) is 0.277. The zero-order chi connectivity index (χ0) is 10.9. The van der Waals surface area contributed by atoms with Crippen LogP contribution in [0.2, 0.25) is 0 Å². The molecule has 1 aliphatic heterocycles. The van der Waals surface area contributed by atoms with Gasteiger partial charge in [0, 0.05) is 13.1 Å². The fraction of sp³-hybridized carbons (Fsp3) is 0.778. The Morgan fingerprint density at radius 3 is 2.47 bits per heavy atom. The lowest BCUT2D eigenvalue weighted by molar-refractivity contribution is -0.138. The second-order valence-corrected chi connectivity index (χ2v) is 3.97. The van der Waals surface area contributed by atoms with Crippen LogP contribution in [0.5, 0.6) is 0 Å². The molecule has 1 aliphatic carbocycles. The van der Waals surface area contributed by atoms with Gasteiger partial charge in [-0.05, 0) is 12.8 Å². The van der Waals surface area contributed by atoms with Crippen LogP contribution in [-0.2, 0) is 9.53 Å². The van der Waals surface area contributed by atoms with Gasteiger partial charge in [-0.1, -0.05) is 5.16 Å². The fourth-order valence-electron chi connectivity index (χ4n) is 1.87. The van der Waals surface area contributed by atoms with Gasteiger partial charge < -0.3 is 20.6 Å². The number of amidine groups is 1. The maximum atomic E-state index is 12.1. The molecule has 2 rings (SSSR count). The number of morpholine rings is 1. The van der Waals surface area contributed by atoms with Crippen LogP contribution in [0, 0.1) is 5.41 Å². The van der Waals surface area contributed by atoms with Crippen molar-refractivity contribution < 1.29 is 14.7 Å². The summed E-state index contributed by atoms with van der Waals surface area (Å²) in [5.74, 6) is 0.0140. The molecule has 1 saturated heterocycles. The van der Waals surface area contributed by atoms with Gasteiger partial charge in [-0.3, -0.25) is 4.79 Å². The van der Waals surface area contributed by atoms with E-state index in [0.717, 1.165) is 0 Å². The average molecular weight is 213 g/mol. The molecular formula is C9H15N3O3. The van der Waals surface area contributed by atoms with Gasteiger partial charge in [0.2, 0.25) is 5.91 Å². The van der Waals surface area contributed by atoms with Crippen LogP contribution in [0.3, 0.4) is 0 Å². The van der Waals surface area contributed by atoms with E-state index in [4.69, 9.17) is 15.7 Å². The van der Waals surface area contributed by atoms with Gasteiger partial charge in [0.25, 0.3) is 0 Å². The third-order valence-corrected chi connectivity index (χ3v) is 3.06. The molecule has 1 amide bonds. The van der Waals surface area contributed by atoms with Crippen LogP contribution >= 0.6 is 0 Å². The molecular weight excluding hydrogens is 198 g/mol. The van der Waals surface area contributed by atoms with E-state index in [-0.39, 0.29) is 11.7 Å². The largest absolute Gasteiger partial charge is 0.409 e. The molecule has 0 spiro atoms. The lowest BCUT2D eigenvalue weighted by Crippen LogP contribution is -2.48. The van der Waals surface area contributed by atoms with Crippen LogP contribution in [0.15, 0.2) is 5.16 Å². The van der Waals surface area contributed by atoms with Crippen molar-refractivity contribution in [3.05, 3.63) is 0 Å². The minimum atomic E-state index is -0.716. The molecule has 6 nitrogen and oxygen atoms in total. The first kappa shape index (κ1) is 10.2. The number of amides is 1. The number of nitrogens with two attached hydrogens (primary N) is 1. The van der Waals surface area contributed by atoms with Crippen LogP contribution in [0.1, 0.15) is 12.8 Å². The number of nitrogens with zero attached hydrogens (tertiary/aromatic N) is 2. The van der Waals surface area contributed by atoms with Gasteiger partial charge in [0.05, 0.1) is 13.2 Å². The van der Waals surface area contributed by atoms with Crippen molar-refractivity contribution in [1.82, 2.24) is 4.90 Å². The Balaban J connectivity index is 2.07. The SMILES string of the molecule is NC(=NO)C1(C(=O)N2CCOCC2)CC1. The lowest BCUT2D eigenvalue weighted by Gasteiger charge is -2.30. The van der Waals surface area contributed by atoms with E-state index in [0.29, 0.717) is 39.1 Å². The second kappa shape index (κ2) is 3.69. The van der Waals surface area contributed by atoms with Crippen LogP contribution in [0.25, 0.3) is 0 Å². The molecule has 1 heterocycles. The highest BCUT2D eigenvalue weighted by Crippen LogP contribution is 2.47. The first-order valence-corrected chi connectivity index (χ1v) is 5.06. The van der Waals surface area contributed by atoms with Gasteiger partial charge in [0.15, 0.2) is 5.84 Å². The molecule has 0 aromatic heterocycles. The Hall–Kier alpha value is -1.30. The molecule has 0 radical (unpaired) electrons. The number of hydrogen-bond acceptors (Lipinski definition) is 4. The minimum Gasteiger partial charge on any atom is -0.409 e. The molecule has 2 fully saturated rings. The predicted octanol–water partition coefficient (Wildman–Crippen LogP) is -0.628. The Labute approximate surface area is 87.7 Å². The van der Waals surface area contributed by atoms with Crippen molar-refractivity contribution in [3.63, 3.8) is 0 Å². The summed E-state index contributed by atoms with van der Waals surface area (Å²) in [6, 6.07) is 0. The second-order valence-electron chi connectivity index (χ2n) is 3.97. The van der Waals surface area contributed by atoms with Gasteiger partial charge in [-0.25, -0.2) is 0 Å². The molecule has 0 unspecified atom stereocenters. The smallest absolute Gasteiger partial charge is 0.236 e. The van der Waals surface area contributed by atoms with Gasteiger partial charge in [0.1, 0.15) is 5.41 Å². The minimum absolute atomic E-state index is 0.0268. The highest BCUT2D eigenvalue weighted by molar-refractivity contribution is 6.09. The predicted molar refractivity (Wildman–Crippen MR) is 52.5 cm³/mol. The summed E-state index contributed by atoms with van der Waals surface area (Å²) in [5, 5.41) is 11.6. The van der Waals surface area contributed by atoms with E-state index in [9.17, 15) is 4.79 Å². The topological polar surface area (TPSA) is 88.2 Å². The third-order valence-electron chi connectivity index (χ3n) is 3.06. The van der Waals surface area contributed by atoms with Crippen molar-refractivity contribution in [3.8, 4) is 0 Å². The fourth-order valence-corrected chi connectivity index (χ4v) is 1.87. The number of rotatable bonds is 2. The normalized spacial score (nSPS) is 25.1. The Bertz CT molecular complexity index is 293. The van der Waals surface area contributed by atoms with Crippen molar-refractivity contribution in [2.75, 3.05) is 26.3 Å². The van der Waals surface area contributed by atoms with E-state index in [1.54, 1.807) is 4.90 Å². The van der Waals surface area contributed by atoms with Crippen molar-refractivity contribution in [2.24, 2.45) is 16.3 Å². The highest BCUT2D eigenvalue weighted by Gasteiger charge is 2.55. The third kappa shape index (κ3) is 1.65. The molecule has 15 heavy (non-hydrogen) atoms. The Morgan fingerprint density at radius 1 is 1.40 bits per heavy atom. The summed E-state index contributed by atoms with van der Waals surface area (Å²) in [4.78, 5) is 13.8. The van der Waals surface area contributed by atoms with Crippen LogP contribution in [0.4, 0.5) is 0 Å². The van der Waals surface area contributed by atoms with Crippen molar-refractivity contribution in [1.29, 1.82) is 0 Å². The number of ether oxygens (including phenoxy) is 1. The van der Waals surface area contributed by atoms with E-state index in [1.807, 2.05) is 0 Å². The van der Waals surface area contributed by atoms with Crippen molar-refractivity contribution >= 4 is 11.7 Å². The molecule has 6 heteroatoms. The van der Waals surface area contributed by atoms with E-state index in [1.165, 1.54) is 0 Å². The number of carbonyl (C=O) groups excluding carboxylic acids is 1. The molecule has 3 N–H and O–H groups in total. The number of oxime groups is 1. The number of hydrogen-bond donors (Lipinski definition) is 2. The van der Waals surface area contributed by atoms with Crippen molar-refractivity contribution in [2.45, 2.75) is 12.8 Å². The monoisotopic (exact) mass is 213 g/mol. The zero-order valence-corrected chi connectivity index (χ0v) is 8.48. The maximum Gasteiger partial charge on any atom is 0.236 e. The molecule has 0 aromatic rings. The summed E-state index contributed by atoms with van der Waals surface area (Å²) in [6.45, 7) is 2.33. The standard InChI is InChI=1S/C9H15N3O3/c10-7(11-14)9(1-2-9)8(13)12-3-5-15-6-4-12/h14H,1-6H2,(H2,10,11). The van der Waals surface area contributed by atoms with Gasteiger partial charge in [-0.2, -0.15) is 0 Å². The van der Waals surface area contributed by atoms with Crippen LogP contribution < -0.4 is 5.73 Å². The molecule has 1 saturated carbocycles. The maximum absolute atomic E-state index is 12.1. The first-order chi connectivity index (χ1) is 7.20.